The topological polar surface area (TPSA) is 90.7 Å². The molecule has 7 heteroatoms. The molecule has 0 aliphatic rings. The highest BCUT2D eigenvalue weighted by molar-refractivity contribution is 9.10. The minimum atomic E-state index is -1.58. The molecular weight excluding hydrogens is 280 g/mol. The van der Waals surface area contributed by atoms with Crippen LogP contribution in [0.4, 0.5) is 15.4 Å². The highest BCUT2D eigenvalue weighted by atomic mass is 79.9. The van der Waals surface area contributed by atoms with Crippen molar-refractivity contribution in [1.82, 2.24) is 4.98 Å². The Kier molecular flexibility index (Phi) is 3.48. The molecule has 2 amide bonds. The van der Waals surface area contributed by atoms with Crippen LogP contribution < -0.4 is 4.90 Å². The van der Waals surface area contributed by atoms with Gasteiger partial charge in [-0.05, 0) is 19.4 Å². The molecule has 0 aliphatic heterocycles. The van der Waals surface area contributed by atoms with Gasteiger partial charge in [-0.1, -0.05) is 15.9 Å². The first-order valence-electron chi connectivity index (χ1n) is 4.24. The first-order valence-corrected chi connectivity index (χ1v) is 5.03. The third-order valence-electron chi connectivity index (χ3n) is 1.99. The van der Waals surface area contributed by atoms with Gasteiger partial charge >= 0.3 is 12.2 Å². The molecule has 0 bridgehead atoms. The second-order valence-corrected chi connectivity index (χ2v) is 3.90. The second-order valence-electron chi connectivity index (χ2n) is 3.10. The van der Waals surface area contributed by atoms with Crippen molar-refractivity contribution >= 4 is 33.9 Å². The zero-order chi connectivity index (χ0) is 12.5. The summed E-state index contributed by atoms with van der Waals surface area (Å²) in [6.45, 7) is 3.37. The van der Waals surface area contributed by atoms with Gasteiger partial charge in [0.25, 0.3) is 0 Å². The van der Waals surface area contributed by atoms with Crippen molar-refractivity contribution < 1.29 is 19.8 Å². The molecule has 0 saturated carbocycles. The lowest BCUT2D eigenvalue weighted by molar-refractivity contribution is 0.184. The molecule has 0 atom stereocenters. The van der Waals surface area contributed by atoms with Crippen molar-refractivity contribution in [3.8, 4) is 0 Å². The number of imide groups is 1. The molecule has 0 spiro atoms. The lowest BCUT2D eigenvalue weighted by atomic mass is 10.2. The summed E-state index contributed by atoms with van der Waals surface area (Å²) in [5, 5.41) is 17.5. The summed E-state index contributed by atoms with van der Waals surface area (Å²) < 4.78 is 0.644. The van der Waals surface area contributed by atoms with E-state index in [1.165, 1.54) is 6.20 Å². The van der Waals surface area contributed by atoms with Crippen molar-refractivity contribution in [3.05, 3.63) is 21.8 Å². The molecule has 1 aromatic rings. The number of anilines is 1. The average Bonchev–Trinajstić information content (AvgIpc) is 2.17. The van der Waals surface area contributed by atoms with Crippen LogP contribution in [-0.4, -0.2) is 27.4 Å². The maximum absolute atomic E-state index is 10.8. The number of nitrogens with zero attached hydrogens (tertiary/aromatic N) is 2. The number of hydrogen-bond donors (Lipinski definition) is 2. The number of halogens is 1. The van der Waals surface area contributed by atoms with Crippen LogP contribution in [0.25, 0.3) is 0 Å². The number of rotatable bonds is 1. The maximum Gasteiger partial charge on any atom is 0.422 e. The molecule has 0 unspecified atom stereocenters. The largest absolute Gasteiger partial charge is 0.464 e. The Bertz CT molecular complexity index is 447. The molecular formula is C9H9BrN2O4. The maximum atomic E-state index is 10.8. The van der Waals surface area contributed by atoms with E-state index in [-0.39, 0.29) is 10.7 Å². The van der Waals surface area contributed by atoms with Gasteiger partial charge in [-0.25, -0.2) is 14.6 Å². The molecule has 1 rings (SSSR count). The minimum Gasteiger partial charge on any atom is -0.464 e. The fraction of sp³-hybridized carbons (Fsp3) is 0.222. The second kappa shape index (κ2) is 4.48. The van der Waals surface area contributed by atoms with Crippen LogP contribution in [0.3, 0.4) is 0 Å². The van der Waals surface area contributed by atoms with E-state index in [9.17, 15) is 9.59 Å². The quantitative estimate of drug-likeness (QED) is 0.829. The fourth-order valence-corrected chi connectivity index (χ4v) is 1.47. The van der Waals surface area contributed by atoms with Crippen molar-refractivity contribution in [2.45, 2.75) is 13.8 Å². The highest BCUT2D eigenvalue weighted by Crippen LogP contribution is 2.27. The number of pyridine rings is 1. The van der Waals surface area contributed by atoms with Gasteiger partial charge in [0.15, 0.2) is 5.82 Å². The molecule has 1 heterocycles. The van der Waals surface area contributed by atoms with E-state index in [1.807, 2.05) is 0 Å². The van der Waals surface area contributed by atoms with Gasteiger partial charge in [0.05, 0.1) is 0 Å². The number of aromatic nitrogens is 1. The van der Waals surface area contributed by atoms with Gasteiger partial charge in [0, 0.05) is 16.2 Å². The van der Waals surface area contributed by atoms with Gasteiger partial charge < -0.3 is 10.2 Å². The molecule has 0 fully saturated rings. The lowest BCUT2D eigenvalue weighted by Gasteiger charge is -2.16. The van der Waals surface area contributed by atoms with Crippen LogP contribution in [0.5, 0.6) is 0 Å². The standard InChI is InChI=1S/C9H9BrN2O4/c1-4-3-11-7(5(2)6(4)10)12(8(13)14)9(15)16/h3H,1-2H3,(H,13,14)(H,15,16). The molecule has 2 N–H and O–H groups in total. The molecule has 0 aliphatic carbocycles. The predicted molar refractivity (Wildman–Crippen MR) is 59.9 cm³/mol. The summed E-state index contributed by atoms with van der Waals surface area (Å²) in [5.41, 5.74) is 1.27. The van der Waals surface area contributed by atoms with E-state index in [2.05, 4.69) is 20.9 Å². The van der Waals surface area contributed by atoms with Crippen LogP contribution >= 0.6 is 15.9 Å². The zero-order valence-electron chi connectivity index (χ0n) is 8.56. The van der Waals surface area contributed by atoms with E-state index in [4.69, 9.17) is 10.2 Å². The molecule has 0 radical (unpaired) electrons. The van der Waals surface area contributed by atoms with E-state index in [0.717, 1.165) is 5.56 Å². The monoisotopic (exact) mass is 288 g/mol. The summed E-state index contributed by atoms with van der Waals surface area (Å²) in [4.78, 5) is 25.6. The third-order valence-corrected chi connectivity index (χ3v) is 3.21. The molecule has 0 aromatic carbocycles. The Morgan fingerprint density at radius 2 is 1.81 bits per heavy atom. The van der Waals surface area contributed by atoms with E-state index >= 15 is 0 Å². The molecule has 16 heavy (non-hydrogen) atoms. The van der Waals surface area contributed by atoms with Crippen LogP contribution in [0.15, 0.2) is 10.7 Å². The number of hydrogen-bond acceptors (Lipinski definition) is 3. The Labute approximate surface area is 99.6 Å². The molecule has 0 saturated heterocycles. The molecule has 6 nitrogen and oxygen atoms in total. The van der Waals surface area contributed by atoms with Crippen LogP contribution in [0, 0.1) is 13.8 Å². The molecule has 86 valence electrons. The van der Waals surface area contributed by atoms with Crippen molar-refractivity contribution in [2.24, 2.45) is 0 Å². The van der Waals surface area contributed by atoms with Crippen LogP contribution in [-0.2, 0) is 0 Å². The normalized spacial score (nSPS) is 9.94. The van der Waals surface area contributed by atoms with Gasteiger partial charge in [0.1, 0.15) is 0 Å². The van der Waals surface area contributed by atoms with E-state index in [1.54, 1.807) is 13.8 Å². The summed E-state index contributed by atoms with van der Waals surface area (Å²) >= 11 is 3.24. The van der Waals surface area contributed by atoms with Gasteiger partial charge in [0.2, 0.25) is 0 Å². The van der Waals surface area contributed by atoms with Crippen molar-refractivity contribution in [3.63, 3.8) is 0 Å². The minimum absolute atomic E-state index is 0.113. The summed E-state index contributed by atoms with van der Waals surface area (Å²) in [6, 6.07) is 0. The summed E-state index contributed by atoms with van der Waals surface area (Å²) in [6.07, 6.45) is -1.76. The van der Waals surface area contributed by atoms with Crippen LogP contribution in [0.1, 0.15) is 11.1 Å². The average molecular weight is 289 g/mol. The van der Waals surface area contributed by atoms with Gasteiger partial charge in [-0.3, -0.25) is 0 Å². The first kappa shape index (κ1) is 12.4. The van der Waals surface area contributed by atoms with Crippen molar-refractivity contribution in [1.29, 1.82) is 0 Å². The number of aryl methyl sites for hydroxylation is 1. The highest BCUT2D eigenvalue weighted by Gasteiger charge is 2.26. The van der Waals surface area contributed by atoms with Gasteiger partial charge in [-0.15, -0.1) is 0 Å². The Balaban J connectivity index is 3.37. The summed E-state index contributed by atoms with van der Waals surface area (Å²) in [7, 11) is 0. The number of carbonyl (C=O) groups is 2. The lowest BCUT2D eigenvalue weighted by Crippen LogP contribution is -2.35. The van der Waals surface area contributed by atoms with E-state index in [0.29, 0.717) is 10.0 Å². The summed E-state index contributed by atoms with van der Waals surface area (Å²) in [5.74, 6) is -0.113. The number of carboxylic acid groups (broad SMARTS) is 2. The van der Waals surface area contributed by atoms with E-state index < -0.39 is 12.2 Å². The predicted octanol–water partition coefficient (Wildman–Crippen LogP) is 2.62. The Morgan fingerprint density at radius 1 is 1.31 bits per heavy atom. The Hall–Kier alpha value is -1.63. The van der Waals surface area contributed by atoms with Crippen molar-refractivity contribution in [2.75, 3.05) is 4.90 Å². The third kappa shape index (κ3) is 2.13. The fourth-order valence-electron chi connectivity index (χ4n) is 1.19. The number of amides is 2. The van der Waals surface area contributed by atoms with Crippen LogP contribution in [0.2, 0.25) is 0 Å². The Morgan fingerprint density at radius 3 is 2.25 bits per heavy atom. The zero-order valence-corrected chi connectivity index (χ0v) is 10.1. The van der Waals surface area contributed by atoms with Gasteiger partial charge in [-0.2, -0.15) is 4.90 Å². The molecule has 1 aromatic heterocycles. The SMILES string of the molecule is Cc1cnc(N(C(=O)O)C(=O)O)c(C)c1Br. The first-order chi connectivity index (χ1) is 7.36. The smallest absolute Gasteiger partial charge is 0.422 e.